The maximum Gasteiger partial charge on any atom is 0.0312 e. The van der Waals surface area contributed by atoms with Crippen LogP contribution in [0.1, 0.15) is 18.9 Å². The Morgan fingerprint density at radius 2 is 2.15 bits per heavy atom. The highest BCUT2D eigenvalue weighted by Crippen LogP contribution is 1.93. The van der Waals surface area contributed by atoms with Gasteiger partial charge in [-0.15, -0.1) is 24.8 Å². The number of halogens is 2. The highest BCUT2D eigenvalue weighted by atomic mass is 35.5. The molecule has 0 radical (unpaired) electrons. The Labute approximate surface area is 92.0 Å². The van der Waals surface area contributed by atoms with Gasteiger partial charge in [-0.25, -0.2) is 0 Å². The average molecular weight is 223 g/mol. The molecule has 0 spiro atoms. The molecule has 0 saturated carbocycles. The molecule has 13 heavy (non-hydrogen) atoms. The third-order valence-corrected chi connectivity index (χ3v) is 1.48. The molecule has 0 unspecified atom stereocenters. The molecule has 0 aliphatic carbocycles. The van der Waals surface area contributed by atoms with Crippen molar-refractivity contribution >= 4 is 24.8 Å². The van der Waals surface area contributed by atoms with E-state index in [-0.39, 0.29) is 24.8 Å². The minimum atomic E-state index is 0. The van der Waals surface area contributed by atoms with Gasteiger partial charge in [-0.2, -0.15) is 0 Å². The molecule has 1 N–H and O–H groups in total. The van der Waals surface area contributed by atoms with Crippen LogP contribution in [0.3, 0.4) is 0 Å². The van der Waals surface area contributed by atoms with Crippen LogP contribution in [0.2, 0.25) is 0 Å². The molecule has 0 aromatic carbocycles. The van der Waals surface area contributed by atoms with E-state index in [2.05, 4.69) is 23.3 Å². The fourth-order valence-electron chi connectivity index (χ4n) is 0.912. The lowest BCUT2D eigenvalue weighted by atomic mass is 10.3. The van der Waals surface area contributed by atoms with Crippen LogP contribution in [0.15, 0.2) is 24.5 Å². The lowest BCUT2D eigenvalue weighted by molar-refractivity contribution is 0.674. The van der Waals surface area contributed by atoms with Crippen LogP contribution < -0.4 is 5.32 Å². The van der Waals surface area contributed by atoms with Crippen molar-refractivity contribution in [2.24, 2.45) is 0 Å². The Hall–Kier alpha value is -0.310. The zero-order chi connectivity index (χ0) is 7.94. The summed E-state index contributed by atoms with van der Waals surface area (Å²) in [5.74, 6) is 0. The minimum absolute atomic E-state index is 0. The van der Waals surface area contributed by atoms with Crippen molar-refractivity contribution in [3.05, 3.63) is 30.1 Å². The number of aromatic nitrogens is 1. The van der Waals surface area contributed by atoms with E-state index in [1.54, 1.807) is 6.20 Å². The summed E-state index contributed by atoms with van der Waals surface area (Å²) in [4.78, 5) is 4.02. The normalized spacial score (nSPS) is 8.38. The van der Waals surface area contributed by atoms with E-state index < -0.39 is 0 Å². The number of pyridine rings is 1. The average Bonchev–Trinajstić information content (AvgIpc) is 2.07. The van der Waals surface area contributed by atoms with Gasteiger partial charge in [-0.05, 0) is 24.6 Å². The molecule has 0 aliphatic heterocycles. The number of hydrogen-bond donors (Lipinski definition) is 1. The Morgan fingerprint density at radius 1 is 1.38 bits per heavy atom. The molecule has 2 nitrogen and oxygen atoms in total. The van der Waals surface area contributed by atoms with Crippen LogP contribution in [-0.4, -0.2) is 11.5 Å². The summed E-state index contributed by atoms with van der Waals surface area (Å²) in [5, 5.41) is 3.31. The second kappa shape index (κ2) is 9.78. The molecule has 4 heteroatoms. The van der Waals surface area contributed by atoms with Gasteiger partial charge < -0.3 is 5.32 Å². The van der Waals surface area contributed by atoms with Crippen molar-refractivity contribution in [2.75, 3.05) is 6.54 Å². The van der Waals surface area contributed by atoms with Crippen molar-refractivity contribution in [3.63, 3.8) is 0 Å². The Bertz CT molecular complexity index is 192. The number of nitrogens with zero attached hydrogens (tertiary/aromatic N) is 1. The van der Waals surface area contributed by atoms with Crippen LogP contribution >= 0.6 is 24.8 Å². The second-order valence-corrected chi connectivity index (χ2v) is 2.54. The maximum absolute atomic E-state index is 4.02. The molecule has 1 rings (SSSR count). The van der Waals surface area contributed by atoms with Crippen LogP contribution in [0.25, 0.3) is 0 Å². The molecule has 0 atom stereocenters. The summed E-state index contributed by atoms with van der Waals surface area (Å²) >= 11 is 0. The Morgan fingerprint density at radius 3 is 2.69 bits per heavy atom. The van der Waals surface area contributed by atoms with Gasteiger partial charge >= 0.3 is 0 Å². The predicted molar refractivity (Wildman–Crippen MR) is 60.7 cm³/mol. The molecule has 0 aliphatic rings. The van der Waals surface area contributed by atoms with Gasteiger partial charge in [-0.3, -0.25) is 4.98 Å². The summed E-state index contributed by atoms with van der Waals surface area (Å²) in [6.07, 6.45) is 4.87. The van der Waals surface area contributed by atoms with Crippen LogP contribution in [-0.2, 0) is 6.54 Å². The van der Waals surface area contributed by atoms with Gasteiger partial charge in [0.15, 0.2) is 0 Å². The van der Waals surface area contributed by atoms with E-state index in [4.69, 9.17) is 0 Å². The standard InChI is InChI=1S/C9H14N2.2ClH/c1-2-5-10-7-9-4-3-6-11-8-9;;/h3-4,6,8,10H,2,5,7H2,1H3;2*1H. The summed E-state index contributed by atoms with van der Waals surface area (Å²) in [6.45, 7) is 4.17. The van der Waals surface area contributed by atoms with Crippen molar-refractivity contribution in [3.8, 4) is 0 Å². The second-order valence-electron chi connectivity index (χ2n) is 2.54. The topological polar surface area (TPSA) is 24.9 Å². The van der Waals surface area contributed by atoms with Gasteiger partial charge in [0.05, 0.1) is 0 Å². The quantitative estimate of drug-likeness (QED) is 0.793. The van der Waals surface area contributed by atoms with Gasteiger partial charge in [0.25, 0.3) is 0 Å². The molecule has 76 valence electrons. The first-order valence-electron chi connectivity index (χ1n) is 4.03. The number of hydrogen-bond acceptors (Lipinski definition) is 2. The zero-order valence-corrected chi connectivity index (χ0v) is 9.33. The molecule has 1 heterocycles. The van der Waals surface area contributed by atoms with E-state index in [0.29, 0.717) is 0 Å². The first-order valence-corrected chi connectivity index (χ1v) is 4.03. The van der Waals surface area contributed by atoms with Crippen molar-refractivity contribution in [1.82, 2.24) is 10.3 Å². The van der Waals surface area contributed by atoms with Crippen LogP contribution in [0.4, 0.5) is 0 Å². The van der Waals surface area contributed by atoms with E-state index in [1.165, 1.54) is 12.0 Å². The molecule has 0 saturated heterocycles. The third-order valence-electron chi connectivity index (χ3n) is 1.48. The van der Waals surface area contributed by atoms with Crippen molar-refractivity contribution < 1.29 is 0 Å². The molecule has 0 amide bonds. The summed E-state index contributed by atoms with van der Waals surface area (Å²) in [5.41, 5.74) is 1.25. The Kier molecular flexibility index (Phi) is 11.4. The zero-order valence-electron chi connectivity index (χ0n) is 7.69. The fourth-order valence-corrected chi connectivity index (χ4v) is 0.912. The lowest BCUT2D eigenvalue weighted by Crippen LogP contribution is -2.13. The molecule has 1 aromatic rings. The minimum Gasteiger partial charge on any atom is -0.313 e. The SMILES string of the molecule is CCCNCc1cccnc1.Cl.Cl. The summed E-state index contributed by atoms with van der Waals surface area (Å²) in [7, 11) is 0. The Balaban J connectivity index is 0. The highest BCUT2D eigenvalue weighted by Gasteiger charge is 1.88. The largest absolute Gasteiger partial charge is 0.313 e. The van der Waals surface area contributed by atoms with Gasteiger partial charge in [0, 0.05) is 18.9 Å². The van der Waals surface area contributed by atoms with E-state index in [1.807, 2.05) is 12.3 Å². The van der Waals surface area contributed by atoms with Crippen LogP contribution in [0.5, 0.6) is 0 Å². The monoisotopic (exact) mass is 222 g/mol. The first kappa shape index (κ1) is 15.2. The summed E-state index contributed by atoms with van der Waals surface area (Å²) < 4.78 is 0. The lowest BCUT2D eigenvalue weighted by Gasteiger charge is -2.00. The van der Waals surface area contributed by atoms with E-state index >= 15 is 0 Å². The smallest absolute Gasteiger partial charge is 0.0312 e. The van der Waals surface area contributed by atoms with E-state index in [0.717, 1.165) is 13.1 Å². The third kappa shape index (κ3) is 6.82. The molecule has 0 fully saturated rings. The maximum atomic E-state index is 4.02. The van der Waals surface area contributed by atoms with Gasteiger partial charge in [-0.1, -0.05) is 13.0 Å². The van der Waals surface area contributed by atoms with Gasteiger partial charge in [0.2, 0.25) is 0 Å². The van der Waals surface area contributed by atoms with Crippen molar-refractivity contribution in [2.45, 2.75) is 19.9 Å². The summed E-state index contributed by atoms with van der Waals surface area (Å²) in [6, 6.07) is 4.04. The van der Waals surface area contributed by atoms with Crippen molar-refractivity contribution in [1.29, 1.82) is 0 Å². The fraction of sp³-hybridized carbons (Fsp3) is 0.444. The molecule has 0 bridgehead atoms. The number of nitrogens with one attached hydrogen (secondary N) is 1. The predicted octanol–water partition coefficient (Wildman–Crippen LogP) is 2.42. The first-order chi connectivity index (χ1) is 5.43. The highest BCUT2D eigenvalue weighted by molar-refractivity contribution is 5.85. The molecular weight excluding hydrogens is 207 g/mol. The number of rotatable bonds is 4. The van der Waals surface area contributed by atoms with E-state index in [9.17, 15) is 0 Å². The molecule has 1 aromatic heterocycles. The molecular formula is C9H16Cl2N2. The van der Waals surface area contributed by atoms with Gasteiger partial charge in [0.1, 0.15) is 0 Å². The van der Waals surface area contributed by atoms with Crippen LogP contribution in [0, 0.1) is 0 Å².